The lowest BCUT2D eigenvalue weighted by Gasteiger charge is -2.14. The molecule has 2 N–H and O–H groups in total. The van der Waals surface area contributed by atoms with Gasteiger partial charge < -0.3 is 24.7 Å². The number of benzene rings is 1. The average Bonchev–Trinajstić information content (AvgIpc) is 3.53. The largest absolute Gasteiger partial charge is 0.462 e. The number of nitro benzene ring substituents is 1. The summed E-state index contributed by atoms with van der Waals surface area (Å²) in [6, 6.07) is 5.25. The predicted octanol–water partition coefficient (Wildman–Crippen LogP) is 4.76. The van der Waals surface area contributed by atoms with Crippen LogP contribution in [0.5, 0.6) is 0 Å². The molecule has 16 heteroatoms. The first kappa shape index (κ1) is 34.2. The molecule has 0 saturated carbocycles. The molecule has 3 aromatic rings. The molecule has 0 saturated heterocycles. The van der Waals surface area contributed by atoms with Crippen LogP contribution in [0.4, 0.5) is 10.7 Å². The third kappa shape index (κ3) is 8.41. The zero-order valence-corrected chi connectivity index (χ0v) is 26.6. The molecule has 0 fully saturated rings. The second-order valence-corrected chi connectivity index (χ2v) is 11.7. The number of ether oxygens (including phenoxy) is 2. The molecule has 0 bridgehead atoms. The number of thioether (sulfide) groups is 1. The fourth-order valence-electron chi connectivity index (χ4n) is 3.94. The second-order valence-electron chi connectivity index (χ2n) is 9.34. The Kier molecular flexibility index (Phi) is 12.4. The lowest BCUT2D eigenvalue weighted by molar-refractivity contribution is -0.384. The second kappa shape index (κ2) is 16.0. The molecule has 0 aliphatic carbocycles. The molecule has 0 radical (unpaired) electrons. The predicted molar refractivity (Wildman–Crippen MR) is 164 cm³/mol. The Bertz CT molecular complexity index is 1520. The van der Waals surface area contributed by atoms with Gasteiger partial charge in [-0.1, -0.05) is 25.1 Å². The van der Waals surface area contributed by atoms with Gasteiger partial charge in [0.05, 0.1) is 35.5 Å². The van der Waals surface area contributed by atoms with Crippen LogP contribution in [0.1, 0.15) is 82.3 Å². The molecule has 14 nitrogen and oxygen atoms in total. The average molecular weight is 647 g/mol. The van der Waals surface area contributed by atoms with Crippen LogP contribution in [-0.4, -0.2) is 61.9 Å². The van der Waals surface area contributed by atoms with E-state index in [9.17, 15) is 29.3 Å². The summed E-state index contributed by atoms with van der Waals surface area (Å²) in [5.74, 6) is -1.65. The number of nitrogens with zero attached hydrogens (tertiary/aromatic N) is 4. The number of amides is 2. The van der Waals surface area contributed by atoms with E-state index >= 15 is 0 Å². The Balaban J connectivity index is 1.76. The number of unbranched alkanes of at least 4 members (excludes halogenated alkanes) is 1. The zero-order valence-electron chi connectivity index (χ0n) is 25.0. The van der Waals surface area contributed by atoms with E-state index in [0.717, 1.165) is 35.9 Å². The minimum absolute atomic E-state index is 0.0433. The lowest BCUT2D eigenvalue weighted by atomic mass is 10.1. The van der Waals surface area contributed by atoms with Gasteiger partial charge in [0.25, 0.3) is 11.6 Å². The van der Waals surface area contributed by atoms with Crippen molar-refractivity contribution in [3.05, 3.63) is 61.8 Å². The highest BCUT2D eigenvalue weighted by Crippen LogP contribution is 2.35. The first-order chi connectivity index (χ1) is 21.0. The van der Waals surface area contributed by atoms with Crippen LogP contribution in [0.2, 0.25) is 0 Å². The number of rotatable bonds is 15. The van der Waals surface area contributed by atoms with Crippen molar-refractivity contribution in [3.63, 3.8) is 0 Å². The molecule has 2 aromatic heterocycles. The quantitative estimate of drug-likeness (QED) is 0.100. The van der Waals surface area contributed by atoms with E-state index in [4.69, 9.17) is 9.47 Å². The number of nitrogens with one attached hydrogen (secondary N) is 2. The number of hydrogen-bond acceptors (Lipinski definition) is 12. The summed E-state index contributed by atoms with van der Waals surface area (Å²) in [7, 11) is 0. The Hall–Kier alpha value is -4.31. The van der Waals surface area contributed by atoms with Crippen molar-refractivity contribution in [1.29, 1.82) is 0 Å². The molecule has 2 amide bonds. The van der Waals surface area contributed by atoms with Crippen LogP contribution < -0.4 is 10.6 Å². The van der Waals surface area contributed by atoms with Gasteiger partial charge in [0.2, 0.25) is 5.91 Å². The smallest absolute Gasteiger partial charge is 0.348 e. The minimum Gasteiger partial charge on any atom is -0.462 e. The first-order valence-electron chi connectivity index (χ1n) is 13.9. The van der Waals surface area contributed by atoms with Crippen molar-refractivity contribution in [1.82, 2.24) is 20.1 Å². The molecule has 3 rings (SSSR count). The number of thiophene rings is 1. The van der Waals surface area contributed by atoms with Gasteiger partial charge in [-0.2, -0.15) is 0 Å². The summed E-state index contributed by atoms with van der Waals surface area (Å²) in [5.41, 5.74) is 0.600. The number of non-ortho nitro benzene ring substituents is 1. The maximum absolute atomic E-state index is 13.3. The highest BCUT2D eigenvalue weighted by molar-refractivity contribution is 8.00. The molecule has 0 aliphatic rings. The van der Waals surface area contributed by atoms with Gasteiger partial charge in [-0.05, 0) is 51.8 Å². The Morgan fingerprint density at radius 3 is 2.34 bits per heavy atom. The van der Waals surface area contributed by atoms with Gasteiger partial charge in [-0.3, -0.25) is 19.7 Å². The number of carbonyl (C=O) groups is 4. The van der Waals surface area contributed by atoms with Crippen molar-refractivity contribution >= 4 is 57.5 Å². The van der Waals surface area contributed by atoms with Crippen LogP contribution in [-0.2, 0) is 27.4 Å². The number of anilines is 1. The lowest BCUT2D eigenvalue weighted by Crippen LogP contribution is -2.25. The van der Waals surface area contributed by atoms with E-state index in [1.54, 1.807) is 27.7 Å². The van der Waals surface area contributed by atoms with Gasteiger partial charge in [-0.25, -0.2) is 9.59 Å². The topological polar surface area (TPSA) is 185 Å². The van der Waals surface area contributed by atoms with Crippen LogP contribution in [0.15, 0.2) is 29.4 Å². The van der Waals surface area contributed by atoms with Gasteiger partial charge >= 0.3 is 11.9 Å². The van der Waals surface area contributed by atoms with Gasteiger partial charge in [-0.15, -0.1) is 21.5 Å². The number of nitro groups is 1. The van der Waals surface area contributed by atoms with E-state index in [-0.39, 0.29) is 46.5 Å². The highest BCUT2D eigenvalue weighted by Gasteiger charge is 2.29. The third-order valence-corrected chi connectivity index (χ3v) is 8.52. The van der Waals surface area contributed by atoms with E-state index in [1.165, 1.54) is 24.3 Å². The Labute approximate surface area is 262 Å². The molecule has 236 valence electrons. The molecule has 0 unspecified atom stereocenters. The summed E-state index contributed by atoms with van der Waals surface area (Å²) >= 11 is 2.10. The maximum atomic E-state index is 13.3. The summed E-state index contributed by atoms with van der Waals surface area (Å²) in [6.07, 6.45) is 1.67. The van der Waals surface area contributed by atoms with Crippen molar-refractivity contribution < 1.29 is 33.6 Å². The standard InChI is InChI=1S/C28H34N6O8S2/c1-6-9-14-33-20(15-29-24(36)18-10-12-19(13-11-18)34(39)40)31-32-28(33)43-17(5)23(35)30-25-21(26(37)41-7-2)16(4)22(44-25)27(38)42-8-3/h10-13,17H,6-9,14-15H2,1-5H3,(H,29,36)(H,30,35)/t17-/m0/s1. The van der Waals surface area contributed by atoms with Crippen LogP contribution in [0.3, 0.4) is 0 Å². The Morgan fingerprint density at radius 1 is 1.07 bits per heavy atom. The molecule has 2 heterocycles. The molecule has 0 aliphatic heterocycles. The summed E-state index contributed by atoms with van der Waals surface area (Å²) in [4.78, 5) is 61.6. The van der Waals surface area contributed by atoms with E-state index in [0.29, 0.717) is 23.1 Å². The highest BCUT2D eigenvalue weighted by atomic mass is 32.2. The summed E-state index contributed by atoms with van der Waals surface area (Å²) < 4.78 is 12.1. The van der Waals surface area contributed by atoms with Crippen molar-refractivity contribution in [2.45, 2.75) is 71.0 Å². The zero-order chi connectivity index (χ0) is 32.4. The summed E-state index contributed by atoms with van der Waals surface area (Å²) in [6.45, 7) is 9.49. The van der Waals surface area contributed by atoms with Gasteiger partial charge in [0.1, 0.15) is 9.88 Å². The number of esters is 2. The molecular formula is C28H34N6O8S2. The fraction of sp³-hybridized carbons (Fsp3) is 0.429. The van der Waals surface area contributed by atoms with Crippen molar-refractivity contribution in [2.24, 2.45) is 0 Å². The van der Waals surface area contributed by atoms with E-state index in [2.05, 4.69) is 20.8 Å². The van der Waals surface area contributed by atoms with Crippen LogP contribution >= 0.6 is 23.1 Å². The molecular weight excluding hydrogens is 612 g/mol. The first-order valence-corrected chi connectivity index (χ1v) is 15.6. The van der Waals surface area contributed by atoms with E-state index in [1.807, 2.05) is 11.5 Å². The fourth-order valence-corrected chi connectivity index (χ4v) is 5.93. The SMILES string of the molecule is CCCCn1c(CNC(=O)c2ccc([N+](=O)[O-])cc2)nnc1S[C@@H](C)C(=O)Nc1sc(C(=O)OCC)c(C)c1C(=O)OCC. The van der Waals surface area contributed by atoms with Crippen molar-refractivity contribution in [2.75, 3.05) is 18.5 Å². The molecule has 1 atom stereocenters. The van der Waals surface area contributed by atoms with Gasteiger partial charge in [0.15, 0.2) is 11.0 Å². The molecule has 44 heavy (non-hydrogen) atoms. The normalized spacial score (nSPS) is 11.5. The Morgan fingerprint density at radius 2 is 1.73 bits per heavy atom. The number of carbonyl (C=O) groups excluding carboxylic acids is 4. The number of hydrogen-bond donors (Lipinski definition) is 2. The van der Waals surface area contributed by atoms with Crippen LogP contribution in [0.25, 0.3) is 0 Å². The summed E-state index contributed by atoms with van der Waals surface area (Å²) in [5, 5.41) is 24.8. The molecule has 1 aromatic carbocycles. The van der Waals surface area contributed by atoms with Crippen LogP contribution in [0, 0.1) is 17.0 Å². The van der Waals surface area contributed by atoms with Gasteiger partial charge in [0, 0.05) is 24.2 Å². The number of aromatic nitrogens is 3. The van der Waals surface area contributed by atoms with E-state index < -0.39 is 33.9 Å². The molecule has 0 spiro atoms. The van der Waals surface area contributed by atoms with Crippen molar-refractivity contribution in [3.8, 4) is 0 Å². The monoisotopic (exact) mass is 646 g/mol. The third-order valence-electron chi connectivity index (χ3n) is 6.25. The minimum atomic E-state index is -0.689. The maximum Gasteiger partial charge on any atom is 0.348 e.